The molecule has 0 unspecified atom stereocenters. The highest BCUT2D eigenvalue weighted by Crippen LogP contribution is 2.44. The van der Waals surface area contributed by atoms with E-state index >= 15 is 0 Å². The van der Waals surface area contributed by atoms with Gasteiger partial charge in [0.2, 0.25) is 0 Å². The molecule has 0 spiro atoms. The molecule has 0 saturated carbocycles. The summed E-state index contributed by atoms with van der Waals surface area (Å²) in [6.45, 7) is 0. The van der Waals surface area contributed by atoms with Crippen LogP contribution in [0.1, 0.15) is 11.1 Å². The van der Waals surface area contributed by atoms with E-state index in [0.29, 0.717) is 12.1 Å². The van der Waals surface area contributed by atoms with Crippen molar-refractivity contribution in [3.8, 4) is 11.1 Å². The molecule has 0 aliphatic carbocycles. The molecule has 1 aromatic heterocycles. The Morgan fingerprint density at radius 2 is 1.42 bits per heavy atom. The summed E-state index contributed by atoms with van der Waals surface area (Å²) in [5.74, 6) is 0. The molecule has 0 aliphatic heterocycles. The van der Waals surface area contributed by atoms with Crippen molar-refractivity contribution < 1.29 is 30.8 Å². The minimum atomic E-state index is -4.89. The maximum atomic E-state index is 12.8. The van der Waals surface area contributed by atoms with Crippen molar-refractivity contribution in [1.29, 1.82) is 0 Å². The summed E-state index contributed by atoms with van der Waals surface area (Å²) in [4.78, 5) is 0. The highest BCUT2D eigenvalue weighted by molar-refractivity contribution is 5.71. The van der Waals surface area contributed by atoms with E-state index in [1.807, 2.05) is 0 Å². The number of rotatable bonds is 1. The summed E-state index contributed by atoms with van der Waals surface area (Å²) in [5, 5.41) is 0. The van der Waals surface area contributed by atoms with Crippen molar-refractivity contribution in [2.45, 2.75) is 12.4 Å². The van der Waals surface area contributed by atoms with Gasteiger partial charge in [0.25, 0.3) is 0 Å². The minimum absolute atomic E-state index is 0.319. The van der Waals surface area contributed by atoms with Crippen LogP contribution in [-0.4, -0.2) is 0 Å². The Kier molecular flexibility index (Phi) is 3.07. The highest BCUT2D eigenvalue weighted by atomic mass is 19.4. The van der Waals surface area contributed by atoms with Crippen LogP contribution in [0.2, 0.25) is 0 Å². The van der Waals surface area contributed by atoms with Gasteiger partial charge in [-0.1, -0.05) is 6.07 Å². The van der Waals surface area contributed by atoms with Crippen molar-refractivity contribution in [3.05, 3.63) is 47.9 Å². The van der Waals surface area contributed by atoms with Gasteiger partial charge in [-0.3, -0.25) is 0 Å². The molecular weight excluding hydrogens is 274 g/mol. The van der Waals surface area contributed by atoms with E-state index in [-0.39, 0.29) is 5.56 Å². The smallest absolute Gasteiger partial charge is 0.417 e. The van der Waals surface area contributed by atoms with Gasteiger partial charge in [-0.05, 0) is 18.2 Å². The SMILES string of the molecule is FC(F)(F)c1cccc(C(F)(F)F)c1-c1c[c]oc1. The summed E-state index contributed by atoms with van der Waals surface area (Å²) in [7, 11) is 0. The molecule has 1 aromatic carbocycles. The standard InChI is InChI=1S/C12H5F6O/c13-11(14,15)8-2-1-3-9(12(16,17)18)10(8)7-4-5-19-6-7/h1-4,6H. The third-order valence-corrected chi connectivity index (χ3v) is 2.43. The van der Waals surface area contributed by atoms with E-state index in [1.54, 1.807) is 0 Å². The first kappa shape index (κ1) is 13.5. The van der Waals surface area contributed by atoms with Crippen LogP contribution in [0, 0.1) is 6.26 Å². The van der Waals surface area contributed by atoms with Crippen LogP contribution < -0.4 is 0 Å². The first-order valence-electron chi connectivity index (χ1n) is 4.93. The molecule has 1 nitrogen and oxygen atoms in total. The van der Waals surface area contributed by atoms with Gasteiger partial charge in [-0.2, -0.15) is 26.3 Å². The third kappa shape index (κ3) is 2.59. The maximum Gasteiger partial charge on any atom is 0.417 e. The number of benzene rings is 1. The van der Waals surface area contributed by atoms with E-state index in [4.69, 9.17) is 0 Å². The number of alkyl halides is 6. The highest BCUT2D eigenvalue weighted by Gasteiger charge is 2.41. The number of furan rings is 1. The van der Waals surface area contributed by atoms with E-state index in [9.17, 15) is 26.3 Å². The molecule has 7 heteroatoms. The van der Waals surface area contributed by atoms with Crippen LogP contribution in [-0.2, 0) is 12.4 Å². The molecule has 19 heavy (non-hydrogen) atoms. The van der Waals surface area contributed by atoms with Gasteiger partial charge in [-0.15, -0.1) is 0 Å². The molecule has 101 valence electrons. The average Bonchev–Trinajstić information content (AvgIpc) is 2.78. The van der Waals surface area contributed by atoms with Crippen LogP contribution in [0.4, 0.5) is 26.3 Å². The Bertz CT molecular complexity index is 533. The van der Waals surface area contributed by atoms with Gasteiger partial charge in [0.1, 0.15) is 0 Å². The van der Waals surface area contributed by atoms with Gasteiger partial charge in [-0.25, -0.2) is 0 Å². The molecule has 0 bridgehead atoms. The van der Waals surface area contributed by atoms with Crippen molar-refractivity contribution in [2.24, 2.45) is 0 Å². The summed E-state index contributed by atoms with van der Waals surface area (Å²) in [5.41, 5.74) is -4.00. The molecule has 0 amide bonds. The second kappa shape index (κ2) is 4.32. The van der Waals surface area contributed by atoms with Gasteiger partial charge in [0.15, 0.2) is 6.26 Å². The van der Waals surface area contributed by atoms with E-state index < -0.39 is 29.0 Å². The lowest BCUT2D eigenvalue weighted by Crippen LogP contribution is -2.13. The van der Waals surface area contributed by atoms with Gasteiger partial charge in [0.05, 0.1) is 17.4 Å². The average molecular weight is 279 g/mol. The largest absolute Gasteiger partial charge is 0.460 e. The Balaban J connectivity index is 2.78. The lowest BCUT2D eigenvalue weighted by Gasteiger charge is -2.17. The number of hydrogen-bond donors (Lipinski definition) is 0. The van der Waals surface area contributed by atoms with Gasteiger partial charge < -0.3 is 4.42 Å². The molecule has 1 heterocycles. The Morgan fingerprint density at radius 1 is 0.895 bits per heavy atom. The fraction of sp³-hybridized carbons (Fsp3) is 0.167. The molecule has 0 saturated heterocycles. The van der Waals surface area contributed by atoms with Crippen molar-refractivity contribution in [1.82, 2.24) is 0 Å². The third-order valence-electron chi connectivity index (χ3n) is 2.43. The van der Waals surface area contributed by atoms with Crippen molar-refractivity contribution in [3.63, 3.8) is 0 Å². The quantitative estimate of drug-likeness (QED) is 0.684. The maximum absolute atomic E-state index is 12.8. The second-order valence-electron chi connectivity index (χ2n) is 3.68. The van der Waals surface area contributed by atoms with E-state index in [0.717, 1.165) is 18.4 Å². The van der Waals surface area contributed by atoms with Crippen LogP contribution >= 0.6 is 0 Å². The van der Waals surface area contributed by atoms with Crippen LogP contribution in [0.3, 0.4) is 0 Å². The minimum Gasteiger partial charge on any atom is -0.460 e. The molecule has 0 aliphatic rings. The predicted molar refractivity (Wildman–Crippen MR) is 53.0 cm³/mol. The molecular formula is C12H5F6O. The molecule has 2 rings (SSSR count). The van der Waals surface area contributed by atoms with Gasteiger partial charge >= 0.3 is 12.4 Å². The molecule has 1 radical (unpaired) electrons. The second-order valence-corrected chi connectivity index (χ2v) is 3.68. The first-order valence-corrected chi connectivity index (χ1v) is 4.93. The lowest BCUT2D eigenvalue weighted by molar-refractivity contribution is -0.142. The predicted octanol–water partition coefficient (Wildman–Crippen LogP) is 4.78. The zero-order valence-electron chi connectivity index (χ0n) is 9.06. The summed E-state index contributed by atoms with van der Waals surface area (Å²) in [6, 6.07) is 2.84. The van der Waals surface area contributed by atoms with Crippen LogP contribution in [0.15, 0.2) is 34.9 Å². The van der Waals surface area contributed by atoms with Crippen molar-refractivity contribution >= 4 is 0 Å². The zero-order valence-corrected chi connectivity index (χ0v) is 9.06. The topological polar surface area (TPSA) is 13.1 Å². The molecule has 2 aromatic rings. The summed E-state index contributed by atoms with van der Waals surface area (Å²) < 4.78 is 81.2. The fourth-order valence-corrected chi connectivity index (χ4v) is 1.70. The van der Waals surface area contributed by atoms with Gasteiger partial charge in [0, 0.05) is 11.1 Å². The zero-order chi connectivity index (χ0) is 14.3. The van der Waals surface area contributed by atoms with E-state index in [1.165, 1.54) is 0 Å². The van der Waals surface area contributed by atoms with Crippen LogP contribution in [0.25, 0.3) is 11.1 Å². The fourth-order valence-electron chi connectivity index (χ4n) is 1.70. The van der Waals surface area contributed by atoms with Crippen LogP contribution in [0.5, 0.6) is 0 Å². The normalized spacial score (nSPS) is 12.7. The lowest BCUT2D eigenvalue weighted by atomic mass is 9.95. The Morgan fingerprint density at radius 3 is 1.79 bits per heavy atom. The molecule has 0 N–H and O–H groups in total. The Labute approximate surface area is 103 Å². The van der Waals surface area contributed by atoms with Crippen molar-refractivity contribution in [2.75, 3.05) is 0 Å². The summed E-state index contributed by atoms with van der Waals surface area (Å²) in [6.07, 6.45) is -6.92. The van der Waals surface area contributed by atoms with E-state index in [2.05, 4.69) is 10.7 Å². The Hall–Kier alpha value is -1.92. The molecule has 0 fully saturated rings. The monoisotopic (exact) mass is 279 g/mol. The number of halogens is 6. The molecule has 0 atom stereocenters. The number of hydrogen-bond acceptors (Lipinski definition) is 1. The summed E-state index contributed by atoms with van der Waals surface area (Å²) >= 11 is 0. The first-order chi connectivity index (χ1) is 8.71.